The SMILES string of the molecule is NC(=O)C[C@H](NC(=O)C1CNC(=O)C1)C(=O)O. The number of carboxylic acids is 1. The topological polar surface area (TPSA) is 139 Å². The van der Waals surface area contributed by atoms with Crippen LogP contribution in [0.2, 0.25) is 0 Å². The molecule has 0 aromatic carbocycles. The lowest BCUT2D eigenvalue weighted by atomic mass is 10.1. The molecule has 1 unspecified atom stereocenters. The predicted octanol–water partition coefficient (Wildman–Crippen LogP) is -2.43. The van der Waals surface area contributed by atoms with E-state index in [1.54, 1.807) is 0 Å². The Morgan fingerprint density at radius 3 is 2.59 bits per heavy atom. The highest BCUT2D eigenvalue weighted by molar-refractivity contribution is 5.92. The van der Waals surface area contributed by atoms with E-state index in [1.807, 2.05) is 0 Å². The maximum absolute atomic E-state index is 11.6. The van der Waals surface area contributed by atoms with E-state index in [4.69, 9.17) is 10.8 Å². The fourth-order valence-corrected chi connectivity index (χ4v) is 1.48. The van der Waals surface area contributed by atoms with Crippen molar-refractivity contribution in [1.82, 2.24) is 10.6 Å². The molecule has 0 aliphatic carbocycles. The molecule has 2 atom stereocenters. The van der Waals surface area contributed by atoms with Gasteiger partial charge in [0, 0.05) is 13.0 Å². The maximum Gasteiger partial charge on any atom is 0.326 e. The zero-order valence-electron chi connectivity index (χ0n) is 8.93. The van der Waals surface area contributed by atoms with Crippen LogP contribution in [-0.4, -0.2) is 41.4 Å². The molecule has 1 aliphatic rings. The summed E-state index contributed by atoms with van der Waals surface area (Å²) < 4.78 is 0. The van der Waals surface area contributed by atoms with Crippen LogP contribution in [0.15, 0.2) is 0 Å². The van der Waals surface area contributed by atoms with Crippen molar-refractivity contribution in [1.29, 1.82) is 0 Å². The number of nitrogens with two attached hydrogens (primary N) is 1. The van der Waals surface area contributed by atoms with E-state index in [0.29, 0.717) is 0 Å². The summed E-state index contributed by atoms with van der Waals surface area (Å²) in [5.41, 5.74) is 4.86. The average Bonchev–Trinajstić information content (AvgIpc) is 2.63. The van der Waals surface area contributed by atoms with Gasteiger partial charge in [0.25, 0.3) is 0 Å². The summed E-state index contributed by atoms with van der Waals surface area (Å²) in [4.78, 5) is 43.8. The molecule has 1 aliphatic heterocycles. The van der Waals surface area contributed by atoms with Crippen molar-refractivity contribution >= 4 is 23.7 Å². The van der Waals surface area contributed by atoms with E-state index in [9.17, 15) is 19.2 Å². The Kier molecular flexibility index (Phi) is 4.02. The van der Waals surface area contributed by atoms with Gasteiger partial charge in [-0.05, 0) is 0 Å². The first kappa shape index (κ1) is 12.9. The Labute approximate surface area is 96.5 Å². The largest absolute Gasteiger partial charge is 0.480 e. The van der Waals surface area contributed by atoms with Crippen molar-refractivity contribution in [3.05, 3.63) is 0 Å². The lowest BCUT2D eigenvalue weighted by molar-refractivity contribution is -0.143. The van der Waals surface area contributed by atoms with Crippen LogP contribution in [0.5, 0.6) is 0 Å². The molecule has 1 rings (SSSR count). The van der Waals surface area contributed by atoms with Crippen LogP contribution in [0.4, 0.5) is 0 Å². The fraction of sp³-hybridized carbons (Fsp3) is 0.556. The molecular weight excluding hydrogens is 230 g/mol. The number of carbonyl (C=O) groups excluding carboxylic acids is 3. The molecule has 17 heavy (non-hydrogen) atoms. The first-order valence-corrected chi connectivity index (χ1v) is 4.98. The number of hydrogen-bond donors (Lipinski definition) is 4. The van der Waals surface area contributed by atoms with Crippen molar-refractivity contribution in [2.24, 2.45) is 11.7 Å². The zero-order valence-corrected chi connectivity index (χ0v) is 8.93. The molecule has 8 heteroatoms. The lowest BCUT2D eigenvalue weighted by Gasteiger charge is -2.15. The smallest absolute Gasteiger partial charge is 0.326 e. The molecule has 0 aromatic heterocycles. The summed E-state index contributed by atoms with van der Waals surface area (Å²) in [6, 6.07) is -1.35. The summed E-state index contributed by atoms with van der Waals surface area (Å²) in [6.45, 7) is 0.174. The van der Waals surface area contributed by atoms with Gasteiger partial charge in [-0.3, -0.25) is 14.4 Å². The average molecular weight is 243 g/mol. The molecule has 0 bridgehead atoms. The second kappa shape index (κ2) is 5.28. The molecule has 1 fully saturated rings. The van der Waals surface area contributed by atoms with Crippen molar-refractivity contribution in [3.63, 3.8) is 0 Å². The number of hydrogen-bond acceptors (Lipinski definition) is 4. The standard InChI is InChI=1S/C9H13N3O5/c10-6(13)2-5(9(16)17)12-8(15)4-1-7(14)11-3-4/h4-5H,1-3H2,(H2,10,13)(H,11,14)(H,12,15)(H,16,17)/t4?,5-/m0/s1. The van der Waals surface area contributed by atoms with Crippen molar-refractivity contribution in [3.8, 4) is 0 Å². The van der Waals surface area contributed by atoms with Crippen LogP contribution >= 0.6 is 0 Å². The number of carbonyl (C=O) groups is 4. The predicted molar refractivity (Wildman–Crippen MR) is 54.5 cm³/mol. The summed E-state index contributed by atoms with van der Waals surface area (Å²) >= 11 is 0. The summed E-state index contributed by atoms with van der Waals surface area (Å²) in [6.07, 6.45) is -0.454. The van der Waals surface area contributed by atoms with E-state index in [1.165, 1.54) is 0 Å². The number of nitrogens with one attached hydrogen (secondary N) is 2. The molecule has 1 saturated heterocycles. The third kappa shape index (κ3) is 3.74. The highest BCUT2D eigenvalue weighted by Crippen LogP contribution is 2.09. The van der Waals surface area contributed by atoms with Crippen LogP contribution < -0.4 is 16.4 Å². The Balaban J connectivity index is 2.55. The van der Waals surface area contributed by atoms with Crippen molar-refractivity contribution in [2.75, 3.05) is 6.54 Å². The second-order valence-corrected chi connectivity index (χ2v) is 3.77. The van der Waals surface area contributed by atoms with Gasteiger partial charge >= 0.3 is 5.97 Å². The van der Waals surface area contributed by atoms with Gasteiger partial charge in [-0.2, -0.15) is 0 Å². The Bertz CT molecular complexity index is 368. The van der Waals surface area contributed by atoms with Gasteiger partial charge in [0.1, 0.15) is 6.04 Å². The minimum atomic E-state index is -1.35. The Hall–Kier alpha value is -2.12. The van der Waals surface area contributed by atoms with Gasteiger partial charge in [0.15, 0.2) is 0 Å². The van der Waals surface area contributed by atoms with Gasteiger partial charge < -0.3 is 21.5 Å². The monoisotopic (exact) mass is 243 g/mol. The number of aliphatic carboxylic acids is 1. The third-order valence-electron chi connectivity index (χ3n) is 2.37. The fourth-order valence-electron chi connectivity index (χ4n) is 1.48. The van der Waals surface area contributed by atoms with Gasteiger partial charge in [-0.25, -0.2) is 4.79 Å². The van der Waals surface area contributed by atoms with Gasteiger partial charge in [0.2, 0.25) is 17.7 Å². The summed E-state index contributed by atoms with van der Waals surface area (Å²) in [5, 5.41) is 13.4. The molecule has 94 valence electrons. The number of rotatable bonds is 5. The van der Waals surface area contributed by atoms with Gasteiger partial charge in [0.05, 0.1) is 12.3 Å². The van der Waals surface area contributed by atoms with Crippen LogP contribution in [0.25, 0.3) is 0 Å². The first-order valence-electron chi connectivity index (χ1n) is 4.98. The summed E-state index contributed by atoms with van der Waals surface area (Å²) in [5.74, 6) is -3.59. The highest BCUT2D eigenvalue weighted by atomic mass is 16.4. The molecule has 8 nitrogen and oxygen atoms in total. The van der Waals surface area contributed by atoms with Gasteiger partial charge in [-0.1, -0.05) is 0 Å². The van der Waals surface area contributed by atoms with Crippen molar-refractivity contribution in [2.45, 2.75) is 18.9 Å². The van der Waals surface area contributed by atoms with Crippen LogP contribution in [0.3, 0.4) is 0 Å². The molecule has 5 N–H and O–H groups in total. The molecule has 0 spiro atoms. The second-order valence-electron chi connectivity index (χ2n) is 3.77. The van der Waals surface area contributed by atoms with E-state index < -0.39 is 36.2 Å². The zero-order chi connectivity index (χ0) is 13.0. The minimum absolute atomic E-state index is 0.0226. The van der Waals surface area contributed by atoms with E-state index in [2.05, 4.69) is 10.6 Å². The van der Waals surface area contributed by atoms with Crippen molar-refractivity contribution < 1.29 is 24.3 Å². The third-order valence-corrected chi connectivity index (χ3v) is 2.37. The van der Waals surface area contributed by atoms with Crippen LogP contribution in [0.1, 0.15) is 12.8 Å². The van der Waals surface area contributed by atoms with E-state index in [0.717, 1.165) is 0 Å². The van der Waals surface area contributed by atoms with Crippen LogP contribution in [0, 0.1) is 5.92 Å². The molecule has 0 radical (unpaired) electrons. The molecule has 0 aromatic rings. The molecular formula is C9H13N3O5. The normalized spacial score (nSPS) is 20.5. The quantitative estimate of drug-likeness (QED) is 0.425. The lowest BCUT2D eigenvalue weighted by Crippen LogP contribution is -2.46. The number of carboxylic acid groups (broad SMARTS) is 1. The first-order chi connectivity index (χ1) is 7.90. The number of amides is 3. The number of primary amides is 1. The highest BCUT2D eigenvalue weighted by Gasteiger charge is 2.31. The molecule has 1 heterocycles. The Morgan fingerprint density at radius 2 is 2.18 bits per heavy atom. The minimum Gasteiger partial charge on any atom is -0.480 e. The summed E-state index contributed by atoms with van der Waals surface area (Å²) in [7, 11) is 0. The molecule has 3 amide bonds. The molecule has 0 saturated carbocycles. The maximum atomic E-state index is 11.6. The van der Waals surface area contributed by atoms with Crippen LogP contribution in [-0.2, 0) is 19.2 Å². The van der Waals surface area contributed by atoms with Gasteiger partial charge in [-0.15, -0.1) is 0 Å². The van der Waals surface area contributed by atoms with E-state index in [-0.39, 0.29) is 18.9 Å². The Morgan fingerprint density at radius 1 is 1.53 bits per heavy atom. The van der Waals surface area contributed by atoms with E-state index >= 15 is 0 Å².